The topological polar surface area (TPSA) is 41.4 Å². The molecule has 28 heavy (non-hydrogen) atoms. The summed E-state index contributed by atoms with van der Waals surface area (Å²) in [5, 5.41) is 6.73. The second-order valence-corrected chi connectivity index (χ2v) is 8.39. The minimum Gasteiger partial charge on any atom is -0.335 e. The number of carbonyl (C=O) groups excluding carboxylic acids is 1. The number of aromatic nitrogens is 2. The van der Waals surface area contributed by atoms with Crippen molar-refractivity contribution in [3.05, 3.63) is 57.7 Å². The molecular weight excluding hydrogens is 375 g/mol. The van der Waals surface area contributed by atoms with Gasteiger partial charge in [-0.25, -0.2) is 9.07 Å². The molecule has 5 nitrogen and oxygen atoms in total. The number of benzene rings is 1. The Hall–Kier alpha value is -2.51. The van der Waals surface area contributed by atoms with Gasteiger partial charge in [0.2, 0.25) is 0 Å². The van der Waals surface area contributed by atoms with Gasteiger partial charge in [-0.1, -0.05) is 12.1 Å². The van der Waals surface area contributed by atoms with E-state index >= 15 is 0 Å². The first-order valence-electron chi connectivity index (χ1n) is 9.55. The summed E-state index contributed by atoms with van der Waals surface area (Å²) in [6, 6.07) is 8.67. The summed E-state index contributed by atoms with van der Waals surface area (Å²) in [5.74, 6) is -0.383. The summed E-state index contributed by atoms with van der Waals surface area (Å²) in [7, 11) is 2.06. The molecule has 0 spiro atoms. The number of amides is 1. The van der Waals surface area contributed by atoms with Crippen molar-refractivity contribution < 1.29 is 9.18 Å². The first-order valence-corrected chi connectivity index (χ1v) is 10.4. The maximum atomic E-state index is 14.6. The van der Waals surface area contributed by atoms with E-state index in [1.165, 1.54) is 10.9 Å². The molecule has 0 unspecified atom stereocenters. The van der Waals surface area contributed by atoms with Crippen LogP contribution in [0.1, 0.15) is 20.9 Å². The van der Waals surface area contributed by atoms with E-state index in [-0.39, 0.29) is 11.7 Å². The number of carbonyl (C=O) groups is 1. The van der Waals surface area contributed by atoms with Crippen molar-refractivity contribution >= 4 is 17.2 Å². The molecule has 1 aliphatic heterocycles. The van der Waals surface area contributed by atoms with Crippen LogP contribution in [0.4, 0.5) is 4.39 Å². The van der Waals surface area contributed by atoms with Crippen LogP contribution in [0.2, 0.25) is 0 Å². The van der Waals surface area contributed by atoms with Crippen LogP contribution in [0.3, 0.4) is 0 Å². The second kappa shape index (κ2) is 6.83. The number of piperazine rings is 1. The van der Waals surface area contributed by atoms with Crippen LogP contribution in [-0.2, 0) is 12.8 Å². The molecule has 1 fully saturated rings. The molecule has 2 aromatic heterocycles. The van der Waals surface area contributed by atoms with E-state index < -0.39 is 0 Å². The molecule has 0 bridgehead atoms. The average Bonchev–Trinajstić information content (AvgIpc) is 3.32. The van der Waals surface area contributed by atoms with Crippen molar-refractivity contribution in [1.82, 2.24) is 19.6 Å². The number of hydrogen-bond donors (Lipinski definition) is 0. The number of thiophene rings is 1. The van der Waals surface area contributed by atoms with E-state index in [4.69, 9.17) is 0 Å². The highest BCUT2D eigenvalue weighted by Crippen LogP contribution is 2.40. The Morgan fingerprint density at radius 2 is 1.89 bits per heavy atom. The molecule has 0 atom stereocenters. The zero-order valence-corrected chi connectivity index (χ0v) is 16.5. The summed E-state index contributed by atoms with van der Waals surface area (Å²) in [6.45, 7) is 3.11. The lowest BCUT2D eigenvalue weighted by Gasteiger charge is -2.32. The standard InChI is InChI=1S/C21H21FN4OS/c1-24-9-11-25(12-10-24)21(27)19-15-6-7-18-14(8-13-28-18)20(15)26(23-19)17-5-3-2-4-16(17)22/h2-5,8,13H,6-7,9-12H2,1H3. The molecule has 3 aromatic rings. The van der Waals surface area contributed by atoms with Gasteiger partial charge < -0.3 is 9.80 Å². The Balaban J connectivity index is 1.65. The van der Waals surface area contributed by atoms with Gasteiger partial charge in [0.1, 0.15) is 11.5 Å². The smallest absolute Gasteiger partial charge is 0.274 e. The number of halogens is 1. The highest BCUT2D eigenvalue weighted by atomic mass is 32.1. The summed E-state index contributed by atoms with van der Waals surface area (Å²) in [5.41, 5.74) is 3.73. The zero-order chi connectivity index (χ0) is 19.3. The number of aryl methyl sites for hydroxylation is 1. The Morgan fingerprint density at radius 3 is 2.68 bits per heavy atom. The van der Waals surface area contributed by atoms with Crippen LogP contribution >= 0.6 is 11.3 Å². The van der Waals surface area contributed by atoms with Gasteiger partial charge in [0, 0.05) is 42.2 Å². The normalized spacial score (nSPS) is 16.7. The quantitative estimate of drug-likeness (QED) is 0.668. The van der Waals surface area contributed by atoms with E-state index in [0.717, 1.165) is 42.8 Å². The van der Waals surface area contributed by atoms with Crippen molar-refractivity contribution in [3.63, 3.8) is 0 Å². The van der Waals surface area contributed by atoms with Crippen LogP contribution in [0.15, 0.2) is 35.7 Å². The van der Waals surface area contributed by atoms with Gasteiger partial charge in [-0.15, -0.1) is 11.3 Å². The fraction of sp³-hybridized carbons (Fsp3) is 0.333. The SMILES string of the molecule is CN1CCN(C(=O)c2nn(-c3ccccc3F)c3c2CCc2sccc2-3)CC1. The minimum atomic E-state index is -0.339. The molecule has 2 aliphatic rings. The Kier molecular flexibility index (Phi) is 4.29. The van der Waals surface area contributed by atoms with Gasteiger partial charge in [0.05, 0.1) is 5.69 Å². The van der Waals surface area contributed by atoms with Gasteiger partial charge in [-0.05, 0) is 43.5 Å². The fourth-order valence-corrected chi connectivity index (χ4v) is 4.96. The van der Waals surface area contributed by atoms with Crippen LogP contribution in [0.25, 0.3) is 16.9 Å². The Bertz CT molecular complexity index is 1050. The molecule has 3 heterocycles. The number of hydrogen-bond acceptors (Lipinski definition) is 4. The van der Waals surface area contributed by atoms with Crippen molar-refractivity contribution in [2.75, 3.05) is 33.2 Å². The number of fused-ring (bicyclic) bond motifs is 3. The van der Waals surface area contributed by atoms with E-state index in [1.807, 2.05) is 4.90 Å². The lowest BCUT2D eigenvalue weighted by atomic mass is 9.94. The maximum Gasteiger partial charge on any atom is 0.274 e. The second-order valence-electron chi connectivity index (χ2n) is 7.39. The van der Waals surface area contributed by atoms with Crippen molar-refractivity contribution in [2.45, 2.75) is 12.8 Å². The monoisotopic (exact) mass is 396 g/mol. The Labute approximate surface area is 167 Å². The third kappa shape index (κ3) is 2.77. The van der Waals surface area contributed by atoms with Gasteiger partial charge >= 0.3 is 0 Å². The third-order valence-corrected chi connectivity index (χ3v) is 6.64. The van der Waals surface area contributed by atoms with Gasteiger partial charge in [-0.2, -0.15) is 5.10 Å². The van der Waals surface area contributed by atoms with Crippen LogP contribution in [0.5, 0.6) is 0 Å². The number of nitrogens with zero attached hydrogens (tertiary/aromatic N) is 4. The summed E-state index contributed by atoms with van der Waals surface area (Å²) < 4.78 is 16.2. The fourth-order valence-electron chi connectivity index (χ4n) is 4.08. The van der Waals surface area contributed by atoms with Crippen molar-refractivity contribution in [1.29, 1.82) is 0 Å². The number of likely N-dealkylation sites (N-methyl/N-ethyl adjacent to an activating group) is 1. The molecule has 144 valence electrons. The third-order valence-electron chi connectivity index (χ3n) is 5.66. The largest absolute Gasteiger partial charge is 0.335 e. The van der Waals surface area contributed by atoms with Crippen LogP contribution in [-0.4, -0.2) is 58.7 Å². The minimum absolute atomic E-state index is 0.0434. The summed E-state index contributed by atoms with van der Waals surface area (Å²) in [6.07, 6.45) is 1.65. The summed E-state index contributed by atoms with van der Waals surface area (Å²) >= 11 is 1.71. The van der Waals surface area contributed by atoms with Gasteiger partial charge in [-0.3, -0.25) is 4.79 Å². The van der Waals surface area contributed by atoms with Crippen LogP contribution in [0, 0.1) is 5.82 Å². The highest BCUT2D eigenvalue weighted by Gasteiger charge is 2.32. The average molecular weight is 396 g/mol. The maximum absolute atomic E-state index is 14.6. The molecule has 1 amide bonds. The first kappa shape index (κ1) is 17.6. The molecule has 1 aliphatic carbocycles. The lowest BCUT2D eigenvalue weighted by molar-refractivity contribution is 0.0656. The van der Waals surface area contributed by atoms with E-state index in [1.54, 1.807) is 34.2 Å². The molecule has 0 radical (unpaired) electrons. The molecule has 1 saturated heterocycles. The predicted molar refractivity (Wildman–Crippen MR) is 108 cm³/mol. The molecule has 1 aromatic carbocycles. The molecular formula is C21H21FN4OS. The molecule has 5 rings (SSSR count). The first-order chi connectivity index (χ1) is 13.6. The van der Waals surface area contributed by atoms with E-state index in [9.17, 15) is 9.18 Å². The van der Waals surface area contributed by atoms with E-state index in [0.29, 0.717) is 24.5 Å². The highest BCUT2D eigenvalue weighted by molar-refractivity contribution is 7.10. The molecule has 0 saturated carbocycles. The van der Waals surface area contributed by atoms with E-state index in [2.05, 4.69) is 28.5 Å². The summed E-state index contributed by atoms with van der Waals surface area (Å²) in [4.78, 5) is 18.7. The van der Waals surface area contributed by atoms with Gasteiger partial charge in [0.15, 0.2) is 5.69 Å². The van der Waals surface area contributed by atoms with Crippen molar-refractivity contribution in [2.24, 2.45) is 0 Å². The number of para-hydroxylation sites is 1. The van der Waals surface area contributed by atoms with Crippen molar-refractivity contribution in [3.8, 4) is 16.9 Å². The predicted octanol–water partition coefficient (Wildman–Crippen LogP) is 3.23. The van der Waals surface area contributed by atoms with Gasteiger partial charge in [0.25, 0.3) is 5.91 Å². The molecule has 0 N–H and O–H groups in total. The Morgan fingerprint density at radius 1 is 1.11 bits per heavy atom. The van der Waals surface area contributed by atoms with Crippen LogP contribution < -0.4 is 0 Å². The number of rotatable bonds is 2. The molecule has 7 heteroatoms. The zero-order valence-electron chi connectivity index (χ0n) is 15.7. The lowest BCUT2D eigenvalue weighted by Crippen LogP contribution is -2.47.